The van der Waals surface area contributed by atoms with Gasteiger partial charge in [0, 0.05) is 24.5 Å². The van der Waals surface area contributed by atoms with Crippen molar-refractivity contribution < 1.29 is 9.90 Å². The van der Waals surface area contributed by atoms with Crippen LogP contribution < -0.4 is 5.32 Å². The van der Waals surface area contributed by atoms with Crippen LogP contribution in [0.25, 0.3) is 10.8 Å². The summed E-state index contributed by atoms with van der Waals surface area (Å²) in [5, 5.41) is 19.1. The first kappa shape index (κ1) is 17.5. The van der Waals surface area contributed by atoms with E-state index in [1.807, 2.05) is 60.7 Å². The summed E-state index contributed by atoms with van der Waals surface area (Å²) >= 11 is 0. The van der Waals surface area contributed by atoms with Crippen LogP contribution in [-0.4, -0.2) is 27.0 Å². The number of carbonyl (C=O) groups excluding carboxylic acids is 1. The lowest BCUT2D eigenvalue weighted by Crippen LogP contribution is -2.16. The number of aromatic hydroxyl groups is 1. The van der Waals surface area contributed by atoms with Gasteiger partial charge in [0.25, 0.3) is 5.91 Å². The Morgan fingerprint density at radius 3 is 2.64 bits per heavy atom. The zero-order chi connectivity index (χ0) is 19.5. The molecule has 0 aliphatic carbocycles. The molecule has 0 bridgehead atoms. The normalized spacial score (nSPS) is 11.2. The number of aliphatic imine (C=N–C) groups is 1. The second kappa shape index (κ2) is 7.36. The number of fused-ring (bicyclic) bond motifs is 1. The van der Waals surface area contributed by atoms with Gasteiger partial charge in [-0.05, 0) is 29.0 Å². The summed E-state index contributed by atoms with van der Waals surface area (Å²) in [6.45, 7) is 0. The van der Waals surface area contributed by atoms with Crippen molar-refractivity contribution in [2.45, 2.75) is 0 Å². The quantitative estimate of drug-likeness (QED) is 0.526. The number of phenolic OH excluding ortho intramolecular Hbond substituents is 1. The fourth-order valence-electron chi connectivity index (χ4n) is 3.05. The van der Waals surface area contributed by atoms with E-state index in [0.29, 0.717) is 22.6 Å². The van der Waals surface area contributed by atoms with Crippen molar-refractivity contribution >= 4 is 34.3 Å². The minimum absolute atomic E-state index is 0.127. The Morgan fingerprint density at radius 2 is 1.82 bits per heavy atom. The van der Waals surface area contributed by atoms with E-state index in [0.717, 1.165) is 10.8 Å². The molecule has 6 nitrogen and oxygen atoms in total. The van der Waals surface area contributed by atoms with Gasteiger partial charge in [-0.25, -0.2) is 0 Å². The predicted molar refractivity (Wildman–Crippen MR) is 110 cm³/mol. The molecule has 0 aliphatic heterocycles. The lowest BCUT2D eigenvalue weighted by molar-refractivity contribution is 0.101. The number of nitrogens with zero attached hydrogens (tertiary/aromatic N) is 3. The molecule has 2 N–H and O–H groups in total. The van der Waals surface area contributed by atoms with E-state index in [4.69, 9.17) is 0 Å². The van der Waals surface area contributed by atoms with E-state index in [2.05, 4.69) is 15.4 Å². The molecule has 0 aliphatic rings. The van der Waals surface area contributed by atoms with Gasteiger partial charge in [0.1, 0.15) is 11.4 Å². The van der Waals surface area contributed by atoms with Crippen LogP contribution >= 0.6 is 0 Å². The maximum Gasteiger partial charge on any atom is 0.276 e. The second-order valence-electron chi connectivity index (χ2n) is 6.30. The topological polar surface area (TPSA) is 79.5 Å². The number of hydrogen-bond donors (Lipinski definition) is 2. The van der Waals surface area contributed by atoms with Crippen molar-refractivity contribution in [3.63, 3.8) is 0 Å². The standard InChI is InChI=1S/C22H18N4O2/c1-26-21(22(28)25-16-8-3-2-4-9-16)19(14-24-26)23-13-18-17-10-6-5-7-15(17)11-12-20(18)27/h2-14,27H,1H3,(H,25,28). The van der Waals surface area contributed by atoms with E-state index in [1.165, 1.54) is 10.9 Å². The van der Waals surface area contributed by atoms with Gasteiger partial charge in [0.05, 0.1) is 6.20 Å². The van der Waals surface area contributed by atoms with Gasteiger partial charge in [0.2, 0.25) is 0 Å². The van der Waals surface area contributed by atoms with E-state index in [9.17, 15) is 9.90 Å². The van der Waals surface area contributed by atoms with Crippen LogP contribution in [0, 0.1) is 0 Å². The second-order valence-corrected chi connectivity index (χ2v) is 6.30. The number of rotatable bonds is 4. The third-order valence-corrected chi connectivity index (χ3v) is 4.45. The van der Waals surface area contributed by atoms with Gasteiger partial charge in [-0.15, -0.1) is 0 Å². The number of phenols is 1. The summed E-state index contributed by atoms with van der Waals surface area (Å²) < 4.78 is 1.48. The fourth-order valence-corrected chi connectivity index (χ4v) is 3.05. The van der Waals surface area contributed by atoms with E-state index in [-0.39, 0.29) is 11.7 Å². The van der Waals surface area contributed by atoms with E-state index in [1.54, 1.807) is 19.3 Å². The van der Waals surface area contributed by atoms with Crippen molar-refractivity contribution in [2.24, 2.45) is 12.0 Å². The molecule has 0 atom stereocenters. The van der Waals surface area contributed by atoms with Gasteiger partial charge in [-0.1, -0.05) is 48.5 Å². The number of para-hydroxylation sites is 1. The Labute approximate surface area is 161 Å². The average molecular weight is 370 g/mol. The number of aryl methyl sites for hydroxylation is 1. The summed E-state index contributed by atoms with van der Waals surface area (Å²) in [6.07, 6.45) is 3.09. The molecule has 0 saturated heterocycles. The van der Waals surface area contributed by atoms with Gasteiger partial charge < -0.3 is 10.4 Å². The Bertz CT molecular complexity index is 1180. The van der Waals surface area contributed by atoms with Crippen LogP contribution in [0.3, 0.4) is 0 Å². The molecule has 28 heavy (non-hydrogen) atoms. The monoisotopic (exact) mass is 370 g/mol. The summed E-state index contributed by atoms with van der Waals surface area (Å²) in [7, 11) is 1.69. The van der Waals surface area contributed by atoms with Gasteiger partial charge in [0.15, 0.2) is 5.69 Å². The first-order valence-electron chi connectivity index (χ1n) is 8.76. The number of anilines is 1. The van der Waals surface area contributed by atoms with Crippen LogP contribution in [0.15, 0.2) is 77.9 Å². The third-order valence-electron chi connectivity index (χ3n) is 4.45. The summed E-state index contributed by atoms with van der Waals surface area (Å²) in [5.74, 6) is -0.179. The fraction of sp³-hybridized carbons (Fsp3) is 0.0455. The minimum Gasteiger partial charge on any atom is -0.507 e. The maximum absolute atomic E-state index is 12.7. The Balaban J connectivity index is 1.69. The number of carbonyl (C=O) groups is 1. The van der Waals surface area contributed by atoms with E-state index >= 15 is 0 Å². The molecule has 4 rings (SSSR count). The highest BCUT2D eigenvalue weighted by Gasteiger charge is 2.17. The maximum atomic E-state index is 12.7. The Kier molecular flexibility index (Phi) is 4.60. The highest BCUT2D eigenvalue weighted by atomic mass is 16.3. The summed E-state index contributed by atoms with van der Waals surface area (Å²) in [6, 6.07) is 20.4. The molecule has 0 radical (unpaired) electrons. The molecule has 0 unspecified atom stereocenters. The highest BCUT2D eigenvalue weighted by molar-refractivity contribution is 6.08. The molecule has 0 fully saturated rings. The zero-order valence-corrected chi connectivity index (χ0v) is 15.2. The molecule has 1 aromatic heterocycles. The first-order chi connectivity index (χ1) is 13.6. The van der Waals surface area contributed by atoms with Gasteiger partial charge in [-0.2, -0.15) is 5.10 Å². The first-order valence-corrected chi connectivity index (χ1v) is 8.76. The van der Waals surface area contributed by atoms with Crippen molar-refractivity contribution in [2.75, 3.05) is 5.32 Å². The zero-order valence-electron chi connectivity index (χ0n) is 15.2. The van der Waals surface area contributed by atoms with Crippen molar-refractivity contribution in [3.8, 4) is 5.75 Å². The molecular formula is C22H18N4O2. The number of amides is 1. The Morgan fingerprint density at radius 1 is 1.07 bits per heavy atom. The minimum atomic E-state index is -0.305. The van der Waals surface area contributed by atoms with Crippen molar-refractivity contribution in [1.82, 2.24) is 9.78 Å². The van der Waals surface area contributed by atoms with Crippen LogP contribution in [0.5, 0.6) is 5.75 Å². The van der Waals surface area contributed by atoms with Gasteiger partial charge in [-0.3, -0.25) is 14.5 Å². The lowest BCUT2D eigenvalue weighted by atomic mass is 10.0. The third kappa shape index (κ3) is 3.35. The van der Waals surface area contributed by atoms with Crippen LogP contribution in [-0.2, 0) is 7.05 Å². The van der Waals surface area contributed by atoms with Crippen molar-refractivity contribution in [3.05, 3.63) is 84.2 Å². The number of benzene rings is 3. The van der Waals surface area contributed by atoms with Crippen LogP contribution in [0.2, 0.25) is 0 Å². The smallest absolute Gasteiger partial charge is 0.276 e. The SMILES string of the molecule is Cn1ncc(N=Cc2c(O)ccc3ccccc23)c1C(=O)Nc1ccccc1. The largest absolute Gasteiger partial charge is 0.507 e. The highest BCUT2D eigenvalue weighted by Crippen LogP contribution is 2.27. The molecule has 1 heterocycles. The van der Waals surface area contributed by atoms with Crippen LogP contribution in [0.1, 0.15) is 16.1 Å². The number of nitrogens with one attached hydrogen (secondary N) is 1. The Hall–Kier alpha value is -3.93. The molecule has 3 aromatic carbocycles. The summed E-state index contributed by atoms with van der Waals surface area (Å²) in [4.78, 5) is 17.2. The number of hydrogen-bond acceptors (Lipinski definition) is 4. The average Bonchev–Trinajstić information content (AvgIpc) is 3.08. The molecular weight excluding hydrogens is 352 g/mol. The molecule has 1 amide bonds. The lowest BCUT2D eigenvalue weighted by Gasteiger charge is -2.07. The van der Waals surface area contributed by atoms with Crippen molar-refractivity contribution in [1.29, 1.82) is 0 Å². The molecule has 138 valence electrons. The molecule has 4 aromatic rings. The molecule has 6 heteroatoms. The molecule has 0 saturated carbocycles. The van der Waals surface area contributed by atoms with Crippen LogP contribution in [0.4, 0.5) is 11.4 Å². The van der Waals surface area contributed by atoms with E-state index < -0.39 is 0 Å². The van der Waals surface area contributed by atoms with Gasteiger partial charge >= 0.3 is 0 Å². The predicted octanol–water partition coefficient (Wildman–Crippen LogP) is 4.28. The summed E-state index contributed by atoms with van der Waals surface area (Å²) in [5.41, 5.74) is 2.04. The number of aromatic nitrogens is 2. The molecule has 0 spiro atoms.